The van der Waals surface area contributed by atoms with Gasteiger partial charge in [-0.3, -0.25) is 0 Å². The minimum absolute atomic E-state index is 0.213. The third-order valence-electron chi connectivity index (χ3n) is 3.11. The summed E-state index contributed by atoms with van der Waals surface area (Å²) in [6.45, 7) is 5.77. The van der Waals surface area contributed by atoms with Crippen LogP contribution in [-0.4, -0.2) is 30.3 Å². The summed E-state index contributed by atoms with van der Waals surface area (Å²) in [7, 11) is 0. The van der Waals surface area contributed by atoms with Gasteiger partial charge in [0.25, 0.3) is 0 Å². The summed E-state index contributed by atoms with van der Waals surface area (Å²) in [4.78, 5) is 6.61. The first kappa shape index (κ1) is 11.9. The molecular formula is C13H17N3O. The second-order valence-corrected chi connectivity index (χ2v) is 4.37. The average Bonchev–Trinajstić information content (AvgIpc) is 2.39. The molecule has 0 saturated carbocycles. The van der Waals surface area contributed by atoms with E-state index in [9.17, 15) is 0 Å². The Hall–Kier alpha value is -1.60. The summed E-state index contributed by atoms with van der Waals surface area (Å²) in [5.74, 6) is 0.881. The van der Waals surface area contributed by atoms with E-state index < -0.39 is 0 Å². The van der Waals surface area contributed by atoms with Crippen LogP contribution in [0.5, 0.6) is 0 Å². The van der Waals surface area contributed by atoms with Crippen molar-refractivity contribution in [2.75, 3.05) is 18.1 Å². The summed E-state index contributed by atoms with van der Waals surface area (Å²) in [6, 6.07) is 6.09. The lowest BCUT2D eigenvalue weighted by atomic mass is 10.1. The van der Waals surface area contributed by atoms with Crippen molar-refractivity contribution >= 4 is 5.82 Å². The molecule has 0 radical (unpaired) electrons. The molecule has 1 aliphatic rings. The first-order valence-electron chi connectivity index (χ1n) is 5.99. The summed E-state index contributed by atoms with van der Waals surface area (Å²) in [6.07, 6.45) is 2.93. The summed E-state index contributed by atoms with van der Waals surface area (Å²) in [5, 5.41) is 8.91. The van der Waals surface area contributed by atoms with Crippen LogP contribution in [0.15, 0.2) is 18.3 Å². The van der Waals surface area contributed by atoms with Gasteiger partial charge in [0.05, 0.1) is 30.4 Å². The highest BCUT2D eigenvalue weighted by Crippen LogP contribution is 2.22. The Morgan fingerprint density at radius 1 is 1.65 bits per heavy atom. The zero-order chi connectivity index (χ0) is 12.3. The van der Waals surface area contributed by atoms with Gasteiger partial charge in [-0.05, 0) is 25.5 Å². The third kappa shape index (κ3) is 2.56. The number of hydrogen-bond donors (Lipinski definition) is 0. The van der Waals surface area contributed by atoms with Gasteiger partial charge in [0.2, 0.25) is 0 Å². The molecule has 1 aliphatic heterocycles. The summed E-state index contributed by atoms with van der Waals surface area (Å²) < 4.78 is 5.66. The molecule has 0 N–H and O–H groups in total. The maximum absolute atomic E-state index is 8.91. The first-order chi connectivity index (χ1) is 8.24. The number of ether oxygens (including phenoxy) is 1. The maximum atomic E-state index is 8.91. The topological polar surface area (TPSA) is 49.1 Å². The number of pyridine rings is 1. The molecule has 0 aliphatic carbocycles. The number of anilines is 1. The molecular weight excluding hydrogens is 214 g/mol. The van der Waals surface area contributed by atoms with Crippen LogP contribution in [0.4, 0.5) is 5.82 Å². The fourth-order valence-electron chi connectivity index (χ4n) is 2.11. The molecule has 17 heavy (non-hydrogen) atoms. The van der Waals surface area contributed by atoms with Gasteiger partial charge in [-0.2, -0.15) is 5.26 Å². The smallest absolute Gasteiger partial charge is 0.130 e. The molecule has 1 fully saturated rings. The van der Waals surface area contributed by atoms with Crippen LogP contribution in [-0.2, 0) is 4.74 Å². The lowest BCUT2D eigenvalue weighted by Crippen LogP contribution is -2.49. The molecule has 0 bridgehead atoms. The zero-order valence-corrected chi connectivity index (χ0v) is 10.3. The molecule has 0 amide bonds. The fourth-order valence-corrected chi connectivity index (χ4v) is 2.11. The van der Waals surface area contributed by atoms with Crippen molar-refractivity contribution < 1.29 is 4.74 Å². The van der Waals surface area contributed by atoms with Crippen LogP contribution >= 0.6 is 0 Å². The van der Waals surface area contributed by atoms with Crippen LogP contribution in [0.3, 0.4) is 0 Å². The van der Waals surface area contributed by atoms with Crippen molar-refractivity contribution in [3.63, 3.8) is 0 Å². The zero-order valence-electron chi connectivity index (χ0n) is 10.3. The predicted octanol–water partition coefficient (Wildman–Crippen LogP) is 1.96. The minimum Gasteiger partial charge on any atom is -0.375 e. The van der Waals surface area contributed by atoms with Gasteiger partial charge in [-0.25, -0.2) is 4.98 Å². The molecule has 1 aromatic rings. The summed E-state index contributed by atoms with van der Waals surface area (Å²) in [5.41, 5.74) is 0.656. The molecule has 2 rings (SSSR count). The highest BCUT2D eigenvalue weighted by molar-refractivity contribution is 5.46. The second-order valence-electron chi connectivity index (χ2n) is 4.37. The molecule has 2 unspecified atom stereocenters. The van der Waals surface area contributed by atoms with Gasteiger partial charge in [0, 0.05) is 12.7 Å². The number of hydrogen-bond acceptors (Lipinski definition) is 4. The van der Waals surface area contributed by atoms with E-state index in [1.165, 1.54) is 0 Å². The Kier molecular flexibility index (Phi) is 3.60. The number of aromatic nitrogens is 1. The van der Waals surface area contributed by atoms with Gasteiger partial charge in [-0.15, -0.1) is 0 Å². The van der Waals surface area contributed by atoms with E-state index in [1.54, 1.807) is 12.3 Å². The fraction of sp³-hybridized carbons (Fsp3) is 0.538. The van der Waals surface area contributed by atoms with Crippen molar-refractivity contribution in [3.8, 4) is 6.07 Å². The first-order valence-corrected chi connectivity index (χ1v) is 5.99. The molecule has 2 atom stereocenters. The predicted molar refractivity (Wildman–Crippen MR) is 65.8 cm³/mol. The van der Waals surface area contributed by atoms with Gasteiger partial charge in [-0.1, -0.05) is 6.92 Å². The van der Waals surface area contributed by atoms with Crippen LogP contribution in [0, 0.1) is 11.3 Å². The molecule has 0 spiro atoms. The van der Waals surface area contributed by atoms with E-state index in [2.05, 4.69) is 29.8 Å². The highest BCUT2D eigenvalue weighted by atomic mass is 16.5. The Bertz CT molecular complexity index is 427. The molecule has 4 heteroatoms. The average molecular weight is 231 g/mol. The monoisotopic (exact) mass is 231 g/mol. The van der Waals surface area contributed by atoms with Gasteiger partial charge in [0.15, 0.2) is 0 Å². The van der Waals surface area contributed by atoms with E-state index in [-0.39, 0.29) is 6.10 Å². The third-order valence-corrected chi connectivity index (χ3v) is 3.11. The van der Waals surface area contributed by atoms with Crippen LogP contribution in [0.1, 0.15) is 25.8 Å². The van der Waals surface area contributed by atoms with Crippen LogP contribution < -0.4 is 4.90 Å². The highest BCUT2D eigenvalue weighted by Gasteiger charge is 2.26. The second kappa shape index (κ2) is 5.15. The van der Waals surface area contributed by atoms with Crippen molar-refractivity contribution in [2.45, 2.75) is 32.4 Å². The van der Waals surface area contributed by atoms with E-state index in [0.717, 1.165) is 25.4 Å². The Balaban J connectivity index is 2.26. The van der Waals surface area contributed by atoms with Gasteiger partial charge >= 0.3 is 0 Å². The summed E-state index contributed by atoms with van der Waals surface area (Å²) >= 11 is 0. The van der Waals surface area contributed by atoms with Gasteiger partial charge in [0.1, 0.15) is 5.82 Å². The van der Waals surface area contributed by atoms with Crippen molar-refractivity contribution in [2.24, 2.45) is 0 Å². The largest absolute Gasteiger partial charge is 0.375 e. The van der Waals surface area contributed by atoms with Crippen molar-refractivity contribution in [1.29, 1.82) is 5.26 Å². The standard InChI is InChI=1S/C13H17N3O/c1-3-12-9-17-10(2)8-16(12)13-6-11(7-14)4-5-15-13/h4-6,10,12H,3,8-9H2,1-2H3. The SMILES string of the molecule is CCC1COC(C)CN1c1cc(C#N)ccn1. The normalized spacial score (nSPS) is 24.4. The Morgan fingerprint density at radius 2 is 2.47 bits per heavy atom. The van der Waals surface area contributed by atoms with Crippen molar-refractivity contribution in [1.82, 2.24) is 4.98 Å². The molecule has 1 aromatic heterocycles. The maximum Gasteiger partial charge on any atom is 0.130 e. The van der Waals surface area contributed by atoms with E-state index >= 15 is 0 Å². The number of rotatable bonds is 2. The van der Waals surface area contributed by atoms with E-state index in [1.807, 2.05) is 6.07 Å². The molecule has 90 valence electrons. The molecule has 2 heterocycles. The van der Waals surface area contributed by atoms with Crippen molar-refractivity contribution in [3.05, 3.63) is 23.9 Å². The lowest BCUT2D eigenvalue weighted by molar-refractivity contribution is 0.0296. The van der Waals surface area contributed by atoms with Crippen LogP contribution in [0.25, 0.3) is 0 Å². The lowest BCUT2D eigenvalue weighted by Gasteiger charge is -2.39. The Labute approximate surface area is 102 Å². The van der Waals surface area contributed by atoms with Gasteiger partial charge < -0.3 is 9.64 Å². The molecule has 4 nitrogen and oxygen atoms in total. The number of nitrogens with zero attached hydrogens (tertiary/aromatic N) is 3. The minimum atomic E-state index is 0.213. The van der Waals surface area contributed by atoms with E-state index in [0.29, 0.717) is 11.6 Å². The van der Waals surface area contributed by atoms with E-state index in [4.69, 9.17) is 10.00 Å². The number of morpholine rings is 1. The Morgan fingerprint density at radius 3 is 3.18 bits per heavy atom. The molecule has 0 aromatic carbocycles. The number of nitriles is 1. The quantitative estimate of drug-likeness (QED) is 0.780. The molecule has 1 saturated heterocycles. The van der Waals surface area contributed by atoms with Crippen LogP contribution in [0.2, 0.25) is 0 Å².